The van der Waals surface area contributed by atoms with Gasteiger partial charge in [0, 0.05) is 6.54 Å². The van der Waals surface area contributed by atoms with Crippen LogP contribution < -0.4 is 19.7 Å². The molecule has 7 heteroatoms. The van der Waals surface area contributed by atoms with Gasteiger partial charge in [-0.2, -0.15) is 0 Å². The van der Waals surface area contributed by atoms with Gasteiger partial charge in [-0.25, -0.2) is 0 Å². The summed E-state index contributed by atoms with van der Waals surface area (Å²) in [7, 11) is 1.65. The number of hydrogen-bond donors (Lipinski definition) is 1. The summed E-state index contributed by atoms with van der Waals surface area (Å²) in [4.78, 5) is 29.4. The van der Waals surface area contributed by atoms with Gasteiger partial charge in [-0.15, -0.1) is 0 Å². The Hall–Kier alpha value is -3.06. The fourth-order valence-electron chi connectivity index (χ4n) is 4.24. The molecule has 1 unspecified atom stereocenters. The van der Waals surface area contributed by atoms with Crippen molar-refractivity contribution in [2.45, 2.75) is 25.3 Å². The van der Waals surface area contributed by atoms with Crippen molar-refractivity contribution in [3.8, 4) is 11.5 Å². The normalized spacial score (nSPS) is 17.5. The SMILES string of the molecule is COc1ccc(C(CNC(=O)CN2C(=O)CCOc3ccccc32)N2CCCC2)cc1. The molecule has 0 bridgehead atoms. The van der Waals surface area contributed by atoms with Crippen LogP contribution in [0.5, 0.6) is 11.5 Å². The molecule has 4 rings (SSSR count). The van der Waals surface area contributed by atoms with E-state index in [0.717, 1.165) is 24.4 Å². The van der Waals surface area contributed by atoms with E-state index >= 15 is 0 Å². The third-order valence-electron chi connectivity index (χ3n) is 5.91. The largest absolute Gasteiger partial charge is 0.497 e. The van der Waals surface area contributed by atoms with Gasteiger partial charge in [0.05, 0.1) is 31.9 Å². The summed E-state index contributed by atoms with van der Waals surface area (Å²) in [6.07, 6.45) is 2.59. The fourth-order valence-corrected chi connectivity index (χ4v) is 4.24. The Morgan fingerprint density at radius 2 is 1.87 bits per heavy atom. The molecule has 1 saturated heterocycles. The van der Waals surface area contributed by atoms with Crippen molar-refractivity contribution in [1.82, 2.24) is 10.2 Å². The lowest BCUT2D eigenvalue weighted by atomic mass is 10.1. The Morgan fingerprint density at radius 3 is 2.61 bits per heavy atom. The van der Waals surface area contributed by atoms with E-state index in [1.165, 1.54) is 17.7 Å². The highest BCUT2D eigenvalue weighted by Crippen LogP contribution is 2.31. The predicted octanol–water partition coefficient (Wildman–Crippen LogP) is 2.76. The van der Waals surface area contributed by atoms with E-state index in [0.29, 0.717) is 24.6 Å². The quantitative estimate of drug-likeness (QED) is 0.742. The number of nitrogens with zero attached hydrogens (tertiary/aromatic N) is 2. The summed E-state index contributed by atoms with van der Waals surface area (Å²) >= 11 is 0. The van der Waals surface area contributed by atoms with E-state index in [9.17, 15) is 9.59 Å². The van der Waals surface area contributed by atoms with Gasteiger partial charge in [-0.1, -0.05) is 24.3 Å². The number of carbonyl (C=O) groups is 2. The summed E-state index contributed by atoms with van der Waals surface area (Å²) in [5, 5.41) is 3.06. The zero-order chi connectivity index (χ0) is 21.6. The first-order chi connectivity index (χ1) is 15.2. The van der Waals surface area contributed by atoms with E-state index in [1.807, 2.05) is 36.4 Å². The molecule has 1 N–H and O–H groups in total. The van der Waals surface area contributed by atoms with Crippen molar-refractivity contribution in [1.29, 1.82) is 0 Å². The summed E-state index contributed by atoms with van der Waals surface area (Å²) < 4.78 is 10.9. The van der Waals surface area contributed by atoms with Crippen molar-refractivity contribution >= 4 is 17.5 Å². The Balaban J connectivity index is 1.44. The van der Waals surface area contributed by atoms with Gasteiger partial charge in [0.1, 0.15) is 18.0 Å². The van der Waals surface area contributed by atoms with Crippen LogP contribution in [0, 0.1) is 0 Å². The number of hydrogen-bond acceptors (Lipinski definition) is 5. The van der Waals surface area contributed by atoms with Crippen molar-refractivity contribution in [2.24, 2.45) is 0 Å². The number of methoxy groups -OCH3 is 1. The Kier molecular flexibility index (Phi) is 6.72. The summed E-state index contributed by atoms with van der Waals surface area (Å²) in [6.45, 7) is 2.83. The van der Waals surface area contributed by atoms with Gasteiger partial charge in [0.2, 0.25) is 11.8 Å². The van der Waals surface area contributed by atoms with Crippen molar-refractivity contribution in [3.05, 3.63) is 54.1 Å². The molecule has 164 valence electrons. The summed E-state index contributed by atoms with van der Waals surface area (Å²) in [5.41, 5.74) is 1.79. The number of ether oxygens (including phenoxy) is 2. The first-order valence-corrected chi connectivity index (χ1v) is 10.8. The van der Waals surface area contributed by atoms with Crippen molar-refractivity contribution < 1.29 is 19.1 Å². The Labute approximate surface area is 182 Å². The van der Waals surface area contributed by atoms with Crippen LogP contribution in [-0.2, 0) is 9.59 Å². The smallest absolute Gasteiger partial charge is 0.240 e. The van der Waals surface area contributed by atoms with Gasteiger partial charge < -0.3 is 14.8 Å². The van der Waals surface area contributed by atoms with Crippen LogP contribution in [0.25, 0.3) is 0 Å². The zero-order valence-electron chi connectivity index (χ0n) is 17.9. The third-order valence-corrected chi connectivity index (χ3v) is 5.91. The minimum absolute atomic E-state index is 0.0193. The maximum Gasteiger partial charge on any atom is 0.240 e. The number of likely N-dealkylation sites (tertiary alicyclic amines) is 1. The first-order valence-electron chi connectivity index (χ1n) is 10.8. The fraction of sp³-hybridized carbons (Fsp3) is 0.417. The van der Waals surface area contributed by atoms with Crippen LogP contribution in [0.2, 0.25) is 0 Å². The van der Waals surface area contributed by atoms with Crippen LogP contribution >= 0.6 is 0 Å². The molecule has 0 aliphatic carbocycles. The van der Waals surface area contributed by atoms with Gasteiger partial charge in [0.25, 0.3) is 0 Å². The van der Waals surface area contributed by atoms with Crippen LogP contribution in [-0.4, -0.2) is 56.6 Å². The Morgan fingerprint density at radius 1 is 1.13 bits per heavy atom. The van der Waals surface area contributed by atoms with Crippen LogP contribution in [0.3, 0.4) is 0 Å². The molecular formula is C24H29N3O4. The van der Waals surface area contributed by atoms with Crippen molar-refractivity contribution in [2.75, 3.05) is 44.8 Å². The zero-order valence-corrected chi connectivity index (χ0v) is 17.9. The number of fused-ring (bicyclic) bond motifs is 1. The summed E-state index contributed by atoms with van der Waals surface area (Å²) in [5.74, 6) is 1.16. The third kappa shape index (κ3) is 4.99. The van der Waals surface area contributed by atoms with Gasteiger partial charge in [0.15, 0.2) is 0 Å². The molecular weight excluding hydrogens is 394 g/mol. The molecule has 7 nitrogen and oxygen atoms in total. The van der Waals surface area contributed by atoms with Gasteiger partial charge in [-0.3, -0.25) is 19.4 Å². The molecule has 31 heavy (non-hydrogen) atoms. The second-order valence-corrected chi connectivity index (χ2v) is 7.88. The molecule has 2 aromatic carbocycles. The van der Waals surface area contributed by atoms with E-state index < -0.39 is 0 Å². The molecule has 0 radical (unpaired) electrons. The minimum Gasteiger partial charge on any atom is -0.497 e. The lowest BCUT2D eigenvalue weighted by Crippen LogP contribution is -2.43. The molecule has 2 aliphatic heterocycles. The molecule has 2 heterocycles. The predicted molar refractivity (Wildman–Crippen MR) is 118 cm³/mol. The molecule has 0 spiro atoms. The highest BCUT2D eigenvalue weighted by molar-refractivity contribution is 6.00. The molecule has 0 aromatic heterocycles. The van der Waals surface area contributed by atoms with Crippen LogP contribution in [0.4, 0.5) is 5.69 Å². The minimum atomic E-state index is -0.178. The van der Waals surface area contributed by atoms with E-state index in [2.05, 4.69) is 22.3 Å². The number of para-hydroxylation sites is 2. The van der Waals surface area contributed by atoms with Crippen LogP contribution in [0.1, 0.15) is 30.9 Å². The molecule has 1 fully saturated rings. The number of benzene rings is 2. The molecule has 2 amide bonds. The number of amides is 2. The second-order valence-electron chi connectivity index (χ2n) is 7.88. The van der Waals surface area contributed by atoms with Gasteiger partial charge in [-0.05, 0) is 55.8 Å². The monoisotopic (exact) mass is 423 g/mol. The lowest BCUT2D eigenvalue weighted by Gasteiger charge is -2.29. The van der Waals surface area contributed by atoms with Crippen molar-refractivity contribution in [3.63, 3.8) is 0 Å². The van der Waals surface area contributed by atoms with Crippen LogP contribution in [0.15, 0.2) is 48.5 Å². The highest BCUT2D eigenvalue weighted by atomic mass is 16.5. The first kappa shape index (κ1) is 21.2. The van der Waals surface area contributed by atoms with E-state index in [1.54, 1.807) is 7.11 Å². The number of carbonyl (C=O) groups excluding carboxylic acids is 2. The van der Waals surface area contributed by atoms with Gasteiger partial charge >= 0.3 is 0 Å². The molecule has 0 saturated carbocycles. The molecule has 1 atom stereocenters. The van der Waals surface area contributed by atoms with E-state index in [-0.39, 0.29) is 30.8 Å². The second kappa shape index (κ2) is 9.83. The molecule has 2 aliphatic rings. The standard InChI is InChI=1S/C24H29N3O4/c1-30-19-10-8-18(9-11-19)21(26-13-4-5-14-26)16-25-23(28)17-27-20-6-2-3-7-22(20)31-15-12-24(27)29/h2-3,6-11,21H,4-5,12-17H2,1H3,(H,25,28). The summed E-state index contributed by atoms with van der Waals surface area (Å²) in [6, 6.07) is 15.5. The Bertz CT molecular complexity index is 909. The maximum absolute atomic E-state index is 12.8. The highest BCUT2D eigenvalue weighted by Gasteiger charge is 2.27. The lowest BCUT2D eigenvalue weighted by molar-refractivity contribution is -0.124. The molecule has 2 aromatic rings. The topological polar surface area (TPSA) is 71.1 Å². The maximum atomic E-state index is 12.8. The number of rotatable bonds is 7. The van der Waals surface area contributed by atoms with E-state index in [4.69, 9.17) is 9.47 Å². The average molecular weight is 424 g/mol. The average Bonchev–Trinajstić information content (AvgIpc) is 3.28. The number of nitrogens with one attached hydrogen (secondary N) is 1. The number of anilines is 1.